The number of benzene rings is 1. The summed E-state index contributed by atoms with van der Waals surface area (Å²) >= 11 is 0. The highest BCUT2D eigenvalue weighted by molar-refractivity contribution is 6.03. The molecule has 2 atom stereocenters. The number of aromatic nitrogens is 3. The van der Waals surface area contributed by atoms with Gasteiger partial charge in [-0.1, -0.05) is 0 Å². The molecule has 0 spiro atoms. The Morgan fingerprint density at radius 2 is 2.12 bits per heavy atom. The largest absolute Gasteiger partial charge is 0.487 e. The number of nitrogens with one attached hydrogen (secondary N) is 1. The number of halogens is 1. The van der Waals surface area contributed by atoms with Gasteiger partial charge in [0.05, 0.1) is 22.6 Å². The van der Waals surface area contributed by atoms with Crippen LogP contribution >= 0.6 is 0 Å². The van der Waals surface area contributed by atoms with Crippen LogP contribution in [-0.2, 0) is 0 Å². The van der Waals surface area contributed by atoms with Crippen molar-refractivity contribution in [3.8, 4) is 5.75 Å². The van der Waals surface area contributed by atoms with Crippen molar-refractivity contribution < 1.29 is 19.0 Å². The third kappa shape index (κ3) is 3.00. The number of hydrogen-bond acceptors (Lipinski definition) is 8. The number of rotatable bonds is 4. The molecule has 0 aliphatic carbocycles. The lowest BCUT2D eigenvalue weighted by atomic mass is 10.0. The zero-order valence-corrected chi connectivity index (χ0v) is 17.2. The van der Waals surface area contributed by atoms with Crippen LogP contribution in [0.5, 0.6) is 5.75 Å². The monoisotopic (exact) mass is 440 g/mol. The fraction of sp³-hybridized carbons (Fsp3) is 0.333. The molecule has 11 heteroatoms. The van der Waals surface area contributed by atoms with Crippen LogP contribution in [-0.4, -0.2) is 51.3 Å². The summed E-state index contributed by atoms with van der Waals surface area (Å²) in [4.78, 5) is 34.6. The number of anilines is 3. The molecule has 2 aliphatic rings. The van der Waals surface area contributed by atoms with E-state index in [4.69, 9.17) is 10.5 Å². The van der Waals surface area contributed by atoms with Gasteiger partial charge in [-0.2, -0.15) is 0 Å². The molecule has 2 aliphatic heterocycles. The zero-order chi connectivity index (χ0) is 22.6. The highest BCUT2D eigenvalue weighted by atomic mass is 19.1. The third-order valence-electron chi connectivity index (χ3n) is 5.96. The molecule has 32 heavy (non-hydrogen) atoms. The second-order valence-electron chi connectivity index (χ2n) is 8.02. The second-order valence-corrected chi connectivity index (χ2v) is 8.02. The van der Waals surface area contributed by atoms with E-state index in [1.54, 1.807) is 23.0 Å². The molecule has 1 saturated heterocycles. The van der Waals surface area contributed by atoms with Gasteiger partial charge < -0.3 is 30.4 Å². The lowest BCUT2D eigenvalue weighted by Crippen LogP contribution is -2.31. The second kappa shape index (κ2) is 7.36. The van der Waals surface area contributed by atoms with Crippen LogP contribution < -0.4 is 26.1 Å². The van der Waals surface area contributed by atoms with Gasteiger partial charge in [0, 0.05) is 37.7 Å². The van der Waals surface area contributed by atoms with Crippen molar-refractivity contribution in [3.63, 3.8) is 0 Å². The molecular weight excluding hydrogens is 419 g/mol. The summed E-state index contributed by atoms with van der Waals surface area (Å²) in [5, 5.41) is 12.5. The van der Waals surface area contributed by atoms with Crippen molar-refractivity contribution >= 4 is 34.2 Å². The first-order valence-corrected chi connectivity index (χ1v) is 10.2. The van der Waals surface area contributed by atoms with Crippen LogP contribution in [0.2, 0.25) is 0 Å². The van der Waals surface area contributed by atoms with Gasteiger partial charge in [-0.05, 0) is 19.4 Å². The summed E-state index contributed by atoms with van der Waals surface area (Å²) in [5.41, 5.74) is 4.92. The molecule has 166 valence electrons. The van der Waals surface area contributed by atoms with Crippen LogP contribution in [0.25, 0.3) is 10.9 Å². The first-order chi connectivity index (χ1) is 15.4. The average Bonchev–Trinajstić information content (AvgIpc) is 3.22. The highest BCUT2D eigenvalue weighted by Crippen LogP contribution is 2.45. The minimum Gasteiger partial charge on any atom is -0.487 e. The van der Waals surface area contributed by atoms with E-state index < -0.39 is 22.8 Å². The molecule has 4 N–H and O–H groups in total. The number of carboxylic acid groups (broad SMARTS) is 1. The van der Waals surface area contributed by atoms with Crippen molar-refractivity contribution in [2.24, 2.45) is 0 Å². The summed E-state index contributed by atoms with van der Waals surface area (Å²) in [5.74, 6) is -1.49. The summed E-state index contributed by atoms with van der Waals surface area (Å²) in [6, 6.07) is 1.43. The van der Waals surface area contributed by atoms with Gasteiger partial charge in [-0.25, -0.2) is 19.2 Å². The van der Waals surface area contributed by atoms with E-state index in [2.05, 4.69) is 15.3 Å². The normalized spacial score (nSPS) is 19.8. The fourth-order valence-electron chi connectivity index (χ4n) is 4.40. The van der Waals surface area contributed by atoms with E-state index in [1.165, 1.54) is 6.20 Å². The van der Waals surface area contributed by atoms with Gasteiger partial charge >= 0.3 is 5.97 Å². The van der Waals surface area contributed by atoms with Crippen molar-refractivity contribution in [1.29, 1.82) is 0 Å². The fourth-order valence-corrected chi connectivity index (χ4v) is 4.40. The Labute approximate surface area is 181 Å². The first kappa shape index (κ1) is 20.0. The Hall–Kier alpha value is -3.89. The molecular formula is C21H21FN6O4. The molecule has 2 aromatic heterocycles. The predicted molar refractivity (Wildman–Crippen MR) is 116 cm³/mol. The molecule has 5 rings (SSSR count). The zero-order valence-electron chi connectivity index (χ0n) is 17.2. The Morgan fingerprint density at radius 1 is 1.38 bits per heavy atom. The van der Waals surface area contributed by atoms with Gasteiger partial charge in [0.1, 0.15) is 17.9 Å². The molecule has 0 radical (unpaired) electrons. The van der Waals surface area contributed by atoms with Gasteiger partial charge in [0.2, 0.25) is 11.4 Å². The molecule has 0 saturated carbocycles. The molecule has 3 aromatic rings. The van der Waals surface area contributed by atoms with E-state index in [1.807, 2.05) is 11.8 Å². The summed E-state index contributed by atoms with van der Waals surface area (Å²) in [7, 11) is 0. The smallest absolute Gasteiger partial charge is 0.341 e. The Kier molecular flexibility index (Phi) is 4.61. The maximum Gasteiger partial charge on any atom is 0.341 e. The van der Waals surface area contributed by atoms with E-state index in [0.29, 0.717) is 31.0 Å². The number of ether oxygens (including phenoxy) is 1. The Bertz CT molecular complexity index is 1300. The maximum atomic E-state index is 15.6. The van der Waals surface area contributed by atoms with Crippen molar-refractivity contribution in [1.82, 2.24) is 14.5 Å². The number of carboxylic acids is 1. The summed E-state index contributed by atoms with van der Waals surface area (Å²) in [6.07, 6.45) is 5.26. The van der Waals surface area contributed by atoms with Gasteiger partial charge in [0.25, 0.3) is 0 Å². The van der Waals surface area contributed by atoms with Crippen LogP contribution in [0.1, 0.15) is 29.7 Å². The number of nitrogens with zero attached hydrogens (tertiary/aromatic N) is 4. The number of aromatic carboxylic acids is 1. The molecule has 10 nitrogen and oxygen atoms in total. The van der Waals surface area contributed by atoms with Crippen molar-refractivity contribution in [2.45, 2.75) is 25.4 Å². The average molecular weight is 440 g/mol. The standard InChI is InChI=1S/C21H21FN6O4/c1-10-9-32-19-16-13(18(29)12(20(30)31)8-28(10)16)15(23)14(22)17(19)27-6-3-11(7-27)26-21-24-4-2-5-25-21/h2,4-5,8,10-11H,3,6-7,9,23H2,1H3,(H,30,31)(H,24,25,26)/t10-,11?/m0/s1. The Morgan fingerprint density at radius 3 is 2.84 bits per heavy atom. The Balaban J connectivity index is 1.63. The van der Waals surface area contributed by atoms with Gasteiger partial charge in [0.15, 0.2) is 11.6 Å². The van der Waals surface area contributed by atoms with Crippen LogP contribution in [0, 0.1) is 5.82 Å². The predicted octanol–water partition coefficient (Wildman–Crippen LogP) is 1.86. The van der Waals surface area contributed by atoms with Gasteiger partial charge in [-0.3, -0.25) is 4.79 Å². The van der Waals surface area contributed by atoms with Crippen LogP contribution in [0.3, 0.4) is 0 Å². The lowest BCUT2D eigenvalue weighted by molar-refractivity contribution is 0.0694. The van der Waals surface area contributed by atoms with Crippen molar-refractivity contribution in [2.75, 3.05) is 35.6 Å². The molecule has 0 amide bonds. The minimum absolute atomic E-state index is 0.0278. The lowest BCUT2D eigenvalue weighted by Gasteiger charge is -2.31. The number of carbonyl (C=O) groups is 1. The quantitative estimate of drug-likeness (QED) is 0.519. The van der Waals surface area contributed by atoms with Crippen LogP contribution in [0.4, 0.5) is 21.7 Å². The topological polar surface area (TPSA) is 136 Å². The van der Waals surface area contributed by atoms with E-state index >= 15 is 4.39 Å². The third-order valence-corrected chi connectivity index (χ3v) is 5.96. The highest BCUT2D eigenvalue weighted by Gasteiger charge is 2.35. The minimum atomic E-state index is -1.39. The van der Waals surface area contributed by atoms with E-state index in [-0.39, 0.29) is 41.2 Å². The molecule has 1 aromatic carbocycles. The number of nitrogen functional groups attached to an aromatic ring is 1. The van der Waals surface area contributed by atoms with E-state index in [0.717, 1.165) is 0 Å². The molecule has 1 unspecified atom stereocenters. The van der Waals surface area contributed by atoms with Crippen molar-refractivity contribution in [3.05, 3.63) is 46.3 Å². The van der Waals surface area contributed by atoms with Gasteiger partial charge in [-0.15, -0.1) is 0 Å². The molecule has 4 heterocycles. The summed E-state index contributed by atoms with van der Waals surface area (Å²) < 4.78 is 23.1. The SMILES string of the molecule is C[C@H]1COc2c(N3CCC(Nc4ncccn4)C3)c(F)c(N)c3c(=O)c(C(=O)O)cn1c23. The molecule has 0 bridgehead atoms. The van der Waals surface area contributed by atoms with Crippen LogP contribution in [0.15, 0.2) is 29.5 Å². The number of nitrogens with two attached hydrogens (primary N) is 1. The molecule has 1 fully saturated rings. The summed E-state index contributed by atoms with van der Waals surface area (Å²) in [6.45, 7) is 3.00. The van der Waals surface area contributed by atoms with E-state index in [9.17, 15) is 14.7 Å². The number of pyridine rings is 1. The first-order valence-electron chi connectivity index (χ1n) is 10.2. The number of hydrogen-bond donors (Lipinski definition) is 3. The maximum absolute atomic E-state index is 15.6.